The van der Waals surface area contributed by atoms with E-state index in [1.165, 1.54) is 5.56 Å². The Kier molecular flexibility index (Phi) is 6.64. The normalized spacial score (nSPS) is 17.0. The lowest BCUT2D eigenvalue weighted by molar-refractivity contribution is -0.274. The molecule has 1 aliphatic rings. The summed E-state index contributed by atoms with van der Waals surface area (Å²) in [7, 11) is -3.77. The van der Waals surface area contributed by atoms with Gasteiger partial charge in [0.15, 0.2) is 0 Å². The first-order valence-corrected chi connectivity index (χ1v) is 11.2. The Balaban J connectivity index is 1.47. The fourth-order valence-electron chi connectivity index (χ4n) is 3.12. The number of hydrogen-bond acceptors (Lipinski definition) is 5. The molecule has 0 unspecified atom stereocenters. The summed E-state index contributed by atoms with van der Waals surface area (Å²) < 4.78 is 67.6. The van der Waals surface area contributed by atoms with E-state index in [4.69, 9.17) is 0 Å². The molecule has 1 fully saturated rings. The molecule has 5 nitrogen and oxygen atoms in total. The SMILES string of the molecule is O=S(=O)(NCC1CCN(Cc2ccsc2)CC1)c1ccc(OC(F)(F)F)cc1. The number of piperidine rings is 1. The number of benzene rings is 1. The Hall–Kier alpha value is -1.62. The average molecular weight is 435 g/mol. The minimum atomic E-state index is -4.81. The molecule has 2 aromatic rings. The summed E-state index contributed by atoms with van der Waals surface area (Å²) in [5, 5.41) is 4.18. The molecule has 28 heavy (non-hydrogen) atoms. The lowest BCUT2D eigenvalue weighted by Gasteiger charge is -2.31. The molecular weight excluding hydrogens is 413 g/mol. The highest BCUT2D eigenvalue weighted by Gasteiger charge is 2.31. The molecule has 0 radical (unpaired) electrons. The van der Waals surface area contributed by atoms with Gasteiger partial charge in [-0.2, -0.15) is 11.3 Å². The predicted molar refractivity (Wildman–Crippen MR) is 101 cm³/mol. The van der Waals surface area contributed by atoms with E-state index in [1.807, 2.05) is 0 Å². The number of sulfonamides is 1. The van der Waals surface area contributed by atoms with Crippen molar-refractivity contribution in [3.05, 3.63) is 46.7 Å². The number of thiophene rings is 1. The molecule has 0 atom stereocenters. The summed E-state index contributed by atoms with van der Waals surface area (Å²) in [6, 6.07) is 6.30. The summed E-state index contributed by atoms with van der Waals surface area (Å²) in [5.41, 5.74) is 1.29. The summed E-state index contributed by atoms with van der Waals surface area (Å²) >= 11 is 1.67. The number of nitrogens with zero attached hydrogens (tertiary/aromatic N) is 1. The van der Waals surface area contributed by atoms with Gasteiger partial charge in [0.1, 0.15) is 5.75 Å². The lowest BCUT2D eigenvalue weighted by Crippen LogP contribution is -2.38. The van der Waals surface area contributed by atoms with Crippen molar-refractivity contribution in [2.75, 3.05) is 19.6 Å². The van der Waals surface area contributed by atoms with Crippen molar-refractivity contribution in [3.8, 4) is 5.75 Å². The van der Waals surface area contributed by atoms with Gasteiger partial charge in [-0.15, -0.1) is 13.2 Å². The third-order valence-electron chi connectivity index (χ3n) is 4.62. The van der Waals surface area contributed by atoms with Gasteiger partial charge in [-0.3, -0.25) is 4.90 Å². The number of alkyl halides is 3. The van der Waals surface area contributed by atoms with Crippen molar-refractivity contribution in [1.82, 2.24) is 9.62 Å². The fraction of sp³-hybridized carbons (Fsp3) is 0.444. The number of rotatable bonds is 7. The third kappa shape index (κ3) is 6.20. The van der Waals surface area contributed by atoms with Crippen LogP contribution >= 0.6 is 11.3 Å². The van der Waals surface area contributed by atoms with Crippen LogP contribution in [0.25, 0.3) is 0 Å². The standard InChI is InChI=1S/C18H21F3N2O3S2/c19-18(20,21)26-16-1-3-17(4-2-16)28(24,25)22-11-14-5-8-23(9-6-14)12-15-7-10-27-13-15/h1-4,7,10,13-14,22H,5-6,8-9,11-12H2. The van der Waals surface area contributed by atoms with Crippen LogP contribution in [0.1, 0.15) is 18.4 Å². The Labute approximate surface area is 166 Å². The van der Waals surface area contributed by atoms with Gasteiger partial charge >= 0.3 is 6.36 Å². The second-order valence-corrected chi connectivity index (χ2v) is 9.27. The highest BCUT2D eigenvalue weighted by molar-refractivity contribution is 7.89. The first-order valence-electron chi connectivity index (χ1n) is 8.80. The van der Waals surface area contributed by atoms with Crippen LogP contribution in [-0.2, 0) is 16.6 Å². The van der Waals surface area contributed by atoms with Crippen LogP contribution in [0.4, 0.5) is 13.2 Å². The van der Waals surface area contributed by atoms with Crippen molar-refractivity contribution in [1.29, 1.82) is 0 Å². The number of hydrogen-bond donors (Lipinski definition) is 1. The maximum Gasteiger partial charge on any atom is 0.573 e. The molecule has 0 saturated carbocycles. The summed E-state index contributed by atoms with van der Waals surface area (Å²) in [6.45, 7) is 3.04. The summed E-state index contributed by atoms with van der Waals surface area (Å²) in [6.07, 6.45) is -3.02. The first-order chi connectivity index (χ1) is 13.2. The smallest absolute Gasteiger partial charge is 0.406 e. The van der Waals surface area contributed by atoms with Crippen LogP contribution in [0.2, 0.25) is 0 Å². The quantitative estimate of drug-likeness (QED) is 0.720. The molecule has 3 rings (SSSR count). The Morgan fingerprint density at radius 3 is 2.39 bits per heavy atom. The monoisotopic (exact) mass is 434 g/mol. The van der Waals surface area contributed by atoms with Crippen molar-refractivity contribution in [2.24, 2.45) is 5.92 Å². The molecule has 0 aliphatic carbocycles. The largest absolute Gasteiger partial charge is 0.573 e. The molecule has 1 aromatic carbocycles. The minimum absolute atomic E-state index is 0.0862. The van der Waals surface area contributed by atoms with Crippen molar-refractivity contribution in [3.63, 3.8) is 0 Å². The zero-order valence-electron chi connectivity index (χ0n) is 15.0. The number of halogens is 3. The molecule has 2 heterocycles. The van der Waals surface area contributed by atoms with Gasteiger partial charge in [0.25, 0.3) is 0 Å². The van der Waals surface area contributed by atoms with Crippen molar-refractivity contribution in [2.45, 2.75) is 30.6 Å². The second-order valence-electron chi connectivity index (χ2n) is 6.72. The van der Waals surface area contributed by atoms with Gasteiger partial charge in [0.05, 0.1) is 4.90 Å². The topological polar surface area (TPSA) is 58.6 Å². The van der Waals surface area contributed by atoms with Crippen LogP contribution in [0.15, 0.2) is 46.0 Å². The zero-order valence-corrected chi connectivity index (χ0v) is 16.6. The van der Waals surface area contributed by atoms with Crippen LogP contribution in [-0.4, -0.2) is 39.3 Å². The number of nitrogens with one attached hydrogen (secondary N) is 1. The zero-order chi connectivity index (χ0) is 20.2. The van der Waals surface area contributed by atoms with Crippen molar-refractivity contribution < 1.29 is 26.3 Å². The third-order valence-corrected chi connectivity index (χ3v) is 6.79. The number of likely N-dealkylation sites (tertiary alicyclic amines) is 1. The maximum absolute atomic E-state index is 12.4. The Morgan fingerprint density at radius 2 is 1.82 bits per heavy atom. The second kappa shape index (κ2) is 8.81. The Morgan fingerprint density at radius 1 is 1.14 bits per heavy atom. The van der Waals surface area contributed by atoms with E-state index in [-0.39, 0.29) is 10.8 Å². The molecule has 0 spiro atoms. The van der Waals surface area contributed by atoms with E-state index in [0.29, 0.717) is 6.54 Å². The molecule has 1 N–H and O–H groups in total. The first kappa shape index (κ1) is 21.1. The molecule has 1 aliphatic heterocycles. The highest BCUT2D eigenvalue weighted by Crippen LogP contribution is 2.24. The molecular formula is C18H21F3N2O3S2. The van der Waals surface area contributed by atoms with Gasteiger partial charge in [-0.25, -0.2) is 13.1 Å². The predicted octanol–water partition coefficient (Wildman–Crippen LogP) is 3.84. The minimum Gasteiger partial charge on any atom is -0.406 e. The van der Waals surface area contributed by atoms with E-state index in [2.05, 4.69) is 31.2 Å². The molecule has 10 heteroatoms. The fourth-order valence-corrected chi connectivity index (χ4v) is 4.90. The molecule has 0 amide bonds. The summed E-state index contributed by atoms with van der Waals surface area (Å²) in [4.78, 5) is 2.27. The van der Waals surface area contributed by atoms with Crippen LogP contribution in [0.3, 0.4) is 0 Å². The van der Waals surface area contributed by atoms with Gasteiger partial charge in [0, 0.05) is 13.1 Å². The Bertz CT molecular complexity index is 845. The van der Waals surface area contributed by atoms with E-state index in [9.17, 15) is 21.6 Å². The average Bonchev–Trinajstić information content (AvgIpc) is 3.13. The summed E-state index contributed by atoms with van der Waals surface area (Å²) in [5.74, 6) is -0.217. The highest BCUT2D eigenvalue weighted by atomic mass is 32.2. The number of ether oxygens (including phenoxy) is 1. The van der Waals surface area contributed by atoms with Crippen LogP contribution < -0.4 is 9.46 Å². The van der Waals surface area contributed by atoms with Gasteiger partial charge in [0.2, 0.25) is 10.0 Å². The van der Waals surface area contributed by atoms with Crippen molar-refractivity contribution >= 4 is 21.4 Å². The van der Waals surface area contributed by atoms with E-state index >= 15 is 0 Å². The molecule has 0 bridgehead atoms. The van der Waals surface area contributed by atoms with E-state index in [1.54, 1.807) is 11.3 Å². The molecule has 1 saturated heterocycles. The van der Waals surface area contributed by atoms with Crippen LogP contribution in [0.5, 0.6) is 5.75 Å². The van der Waals surface area contributed by atoms with Gasteiger partial charge in [-0.1, -0.05) is 0 Å². The van der Waals surface area contributed by atoms with Gasteiger partial charge in [-0.05, 0) is 78.5 Å². The molecule has 154 valence electrons. The van der Waals surface area contributed by atoms with E-state index < -0.39 is 22.1 Å². The van der Waals surface area contributed by atoms with Gasteiger partial charge < -0.3 is 4.74 Å². The maximum atomic E-state index is 12.4. The molecule has 1 aromatic heterocycles. The van der Waals surface area contributed by atoms with Crippen LogP contribution in [0, 0.1) is 5.92 Å². The van der Waals surface area contributed by atoms with E-state index in [0.717, 1.165) is 56.7 Å². The lowest BCUT2D eigenvalue weighted by atomic mass is 9.97.